The maximum absolute atomic E-state index is 13.4. The average Bonchev–Trinajstić information content (AvgIpc) is 2.32. The van der Waals surface area contributed by atoms with Gasteiger partial charge in [-0.15, -0.1) is 0 Å². The molecule has 0 bridgehead atoms. The molecule has 2 aromatic rings. The van der Waals surface area contributed by atoms with Crippen LogP contribution in [-0.4, -0.2) is 13.4 Å². The van der Waals surface area contributed by atoms with Crippen LogP contribution >= 0.6 is 11.6 Å². The zero-order chi connectivity index (χ0) is 14.9. The fourth-order valence-corrected chi connectivity index (χ4v) is 3.11. The van der Waals surface area contributed by atoms with Gasteiger partial charge in [0.15, 0.2) is 0 Å². The predicted molar refractivity (Wildman–Crippen MR) is 71.2 cm³/mol. The zero-order valence-electron chi connectivity index (χ0n) is 10.2. The molecule has 2 rings (SSSR count). The lowest BCUT2D eigenvalue weighted by atomic mass is 10.2. The first kappa shape index (κ1) is 14.7. The van der Waals surface area contributed by atoms with E-state index in [1.165, 1.54) is 18.2 Å². The van der Waals surface area contributed by atoms with E-state index in [2.05, 4.69) is 4.98 Å². The standard InChI is InChI=1S/C12H9ClF2N2O2S/c1-7-6-8(13)2-4-10(7)20(18,19)17-9-3-5-11(14)16-12(9)15/h2-6,17H,1H3. The van der Waals surface area contributed by atoms with Crippen molar-refractivity contribution in [2.45, 2.75) is 11.8 Å². The topological polar surface area (TPSA) is 59.1 Å². The molecule has 0 saturated heterocycles. The molecule has 0 aliphatic carbocycles. The lowest BCUT2D eigenvalue weighted by Crippen LogP contribution is -2.15. The number of sulfonamides is 1. The van der Waals surface area contributed by atoms with Gasteiger partial charge in [0.2, 0.25) is 11.9 Å². The highest BCUT2D eigenvalue weighted by atomic mass is 35.5. The molecule has 4 nitrogen and oxygen atoms in total. The normalized spacial score (nSPS) is 11.4. The highest BCUT2D eigenvalue weighted by Crippen LogP contribution is 2.23. The van der Waals surface area contributed by atoms with Crippen LogP contribution < -0.4 is 4.72 Å². The number of hydrogen-bond acceptors (Lipinski definition) is 3. The van der Waals surface area contributed by atoms with Gasteiger partial charge in [0.05, 0.1) is 4.90 Å². The van der Waals surface area contributed by atoms with E-state index >= 15 is 0 Å². The molecule has 20 heavy (non-hydrogen) atoms. The van der Waals surface area contributed by atoms with Gasteiger partial charge in [-0.05, 0) is 42.8 Å². The van der Waals surface area contributed by atoms with Crippen molar-refractivity contribution in [3.8, 4) is 0 Å². The Labute approximate surface area is 119 Å². The van der Waals surface area contributed by atoms with Crippen molar-refractivity contribution in [1.29, 1.82) is 0 Å². The van der Waals surface area contributed by atoms with Crippen molar-refractivity contribution in [3.63, 3.8) is 0 Å². The van der Waals surface area contributed by atoms with Crippen LogP contribution in [0.5, 0.6) is 0 Å². The summed E-state index contributed by atoms with van der Waals surface area (Å²) in [6, 6.07) is 5.99. The summed E-state index contributed by atoms with van der Waals surface area (Å²) in [6.45, 7) is 1.56. The van der Waals surface area contributed by atoms with E-state index < -0.39 is 27.6 Å². The van der Waals surface area contributed by atoms with E-state index in [0.717, 1.165) is 12.1 Å². The molecule has 0 aliphatic heterocycles. The number of pyridine rings is 1. The summed E-state index contributed by atoms with van der Waals surface area (Å²) < 4.78 is 52.3. The van der Waals surface area contributed by atoms with E-state index in [1.807, 2.05) is 4.72 Å². The number of benzene rings is 1. The lowest BCUT2D eigenvalue weighted by Gasteiger charge is -2.10. The third-order valence-corrected chi connectivity index (χ3v) is 4.25. The molecule has 1 heterocycles. The first-order valence-corrected chi connectivity index (χ1v) is 7.27. The van der Waals surface area contributed by atoms with Gasteiger partial charge in [-0.25, -0.2) is 8.42 Å². The van der Waals surface area contributed by atoms with Crippen LogP contribution in [0.25, 0.3) is 0 Å². The second-order valence-corrected chi connectivity index (χ2v) is 6.07. The molecule has 1 N–H and O–H groups in total. The maximum Gasteiger partial charge on any atom is 0.262 e. The van der Waals surface area contributed by atoms with Crippen LogP contribution in [0.3, 0.4) is 0 Å². The number of aromatic nitrogens is 1. The zero-order valence-corrected chi connectivity index (χ0v) is 11.8. The summed E-state index contributed by atoms with van der Waals surface area (Å²) >= 11 is 5.74. The number of rotatable bonds is 3. The molecule has 0 radical (unpaired) electrons. The van der Waals surface area contributed by atoms with Crippen molar-refractivity contribution >= 4 is 27.3 Å². The Kier molecular flexibility index (Phi) is 3.92. The van der Waals surface area contributed by atoms with Gasteiger partial charge in [0, 0.05) is 5.02 Å². The van der Waals surface area contributed by atoms with E-state index in [1.54, 1.807) is 6.92 Å². The fourth-order valence-electron chi connectivity index (χ4n) is 1.60. The molecule has 0 fully saturated rings. The van der Waals surface area contributed by atoms with Gasteiger partial charge < -0.3 is 0 Å². The molecule has 1 aromatic heterocycles. The molecule has 0 saturated carbocycles. The highest BCUT2D eigenvalue weighted by molar-refractivity contribution is 7.92. The van der Waals surface area contributed by atoms with E-state index in [4.69, 9.17) is 11.6 Å². The first-order valence-electron chi connectivity index (χ1n) is 5.40. The molecule has 0 atom stereocenters. The summed E-state index contributed by atoms with van der Waals surface area (Å²) in [4.78, 5) is 2.86. The SMILES string of the molecule is Cc1cc(Cl)ccc1S(=O)(=O)Nc1ccc(F)nc1F. The van der Waals surface area contributed by atoms with Gasteiger partial charge >= 0.3 is 0 Å². The van der Waals surface area contributed by atoms with Gasteiger partial charge in [-0.2, -0.15) is 13.8 Å². The monoisotopic (exact) mass is 318 g/mol. The van der Waals surface area contributed by atoms with Crippen molar-refractivity contribution in [2.24, 2.45) is 0 Å². The Hall–Kier alpha value is -1.73. The number of aryl methyl sites for hydroxylation is 1. The summed E-state index contributed by atoms with van der Waals surface area (Å²) in [6.07, 6.45) is 0. The van der Waals surface area contributed by atoms with Crippen LogP contribution in [0.4, 0.5) is 14.5 Å². The molecule has 0 aliphatic rings. The van der Waals surface area contributed by atoms with Crippen LogP contribution in [0, 0.1) is 18.8 Å². The van der Waals surface area contributed by atoms with Crippen LogP contribution in [-0.2, 0) is 10.0 Å². The number of anilines is 1. The minimum absolute atomic E-state index is 0.0503. The Bertz CT molecular complexity index is 766. The Morgan fingerprint density at radius 1 is 1.20 bits per heavy atom. The van der Waals surface area contributed by atoms with Gasteiger partial charge in [-0.3, -0.25) is 4.72 Å². The smallest absolute Gasteiger partial charge is 0.262 e. The second-order valence-electron chi connectivity index (χ2n) is 3.99. The van der Waals surface area contributed by atoms with Crippen LogP contribution in [0.1, 0.15) is 5.56 Å². The summed E-state index contributed by atoms with van der Waals surface area (Å²) in [5.74, 6) is -2.27. The number of hydrogen-bond donors (Lipinski definition) is 1. The molecule has 0 unspecified atom stereocenters. The third kappa shape index (κ3) is 3.05. The van der Waals surface area contributed by atoms with Crippen molar-refractivity contribution in [3.05, 3.63) is 52.8 Å². The second kappa shape index (κ2) is 5.34. The average molecular weight is 319 g/mol. The Morgan fingerprint density at radius 2 is 1.90 bits per heavy atom. The molecule has 8 heteroatoms. The maximum atomic E-state index is 13.4. The predicted octanol–water partition coefficient (Wildman–Crippen LogP) is 3.12. The third-order valence-electron chi connectivity index (χ3n) is 2.49. The molecule has 0 amide bonds. The minimum Gasteiger partial charge on any atom is -0.275 e. The largest absolute Gasteiger partial charge is 0.275 e. The fraction of sp³-hybridized carbons (Fsp3) is 0.0833. The minimum atomic E-state index is -4.01. The number of nitrogens with zero attached hydrogens (tertiary/aromatic N) is 1. The molecular weight excluding hydrogens is 310 g/mol. The lowest BCUT2D eigenvalue weighted by molar-refractivity contribution is 0.515. The van der Waals surface area contributed by atoms with Gasteiger partial charge in [0.1, 0.15) is 5.69 Å². The van der Waals surface area contributed by atoms with Crippen LogP contribution in [0.2, 0.25) is 5.02 Å². The van der Waals surface area contributed by atoms with Gasteiger partial charge in [0.25, 0.3) is 10.0 Å². The summed E-state index contributed by atoms with van der Waals surface area (Å²) in [5, 5.41) is 0.385. The quantitative estimate of drug-likeness (QED) is 0.885. The molecule has 1 aromatic carbocycles. The Morgan fingerprint density at radius 3 is 2.50 bits per heavy atom. The van der Waals surface area contributed by atoms with E-state index in [9.17, 15) is 17.2 Å². The Balaban J connectivity index is 2.41. The van der Waals surface area contributed by atoms with E-state index in [-0.39, 0.29) is 4.90 Å². The summed E-state index contributed by atoms with van der Waals surface area (Å²) in [5.41, 5.74) is -0.0266. The first-order chi connectivity index (χ1) is 9.29. The summed E-state index contributed by atoms with van der Waals surface area (Å²) in [7, 11) is -4.01. The van der Waals surface area contributed by atoms with Crippen molar-refractivity contribution in [1.82, 2.24) is 4.98 Å². The number of halogens is 3. The molecule has 0 spiro atoms. The number of nitrogens with one attached hydrogen (secondary N) is 1. The van der Waals surface area contributed by atoms with Gasteiger partial charge in [-0.1, -0.05) is 11.6 Å². The highest BCUT2D eigenvalue weighted by Gasteiger charge is 2.19. The van der Waals surface area contributed by atoms with E-state index in [0.29, 0.717) is 10.6 Å². The molecule has 106 valence electrons. The van der Waals surface area contributed by atoms with Crippen molar-refractivity contribution in [2.75, 3.05) is 4.72 Å². The van der Waals surface area contributed by atoms with Crippen molar-refractivity contribution < 1.29 is 17.2 Å². The van der Waals surface area contributed by atoms with Crippen LogP contribution in [0.15, 0.2) is 35.2 Å². The molecular formula is C12H9ClF2N2O2S.